The van der Waals surface area contributed by atoms with Gasteiger partial charge in [-0.2, -0.15) is 0 Å². The number of rotatable bonds is 6. The fourth-order valence-electron chi connectivity index (χ4n) is 3.84. The van der Waals surface area contributed by atoms with Gasteiger partial charge >= 0.3 is 5.97 Å². The van der Waals surface area contributed by atoms with Crippen molar-refractivity contribution in [2.45, 2.75) is 44.9 Å². The first-order chi connectivity index (χ1) is 11.7. The lowest BCUT2D eigenvalue weighted by molar-refractivity contribution is 0.0699. The van der Waals surface area contributed by atoms with E-state index in [1.807, 2.05) is 12.1 Å². The Bertz CT molecular complexity index is 708. The molecule has 1 aliphatic heterocycles. The van der Waals surface area contributed by atoms with Gasteiger partial charge in [-0.05, 0) is 50.4 Å². The monoisotopic (exact) mass is 326 g/mol. The van der Waals surface area contributed by atoms with E-state index in [0.717, 1.165) is 30.6 Å². The lowest BCUT2D eigenvalue weighted by atomic mass is 9.79. The molecule has 0 saturated carbocycles. The Hall–Kier alpha value is -1.94. The number of pyridine rings is 1. The first-order valence-electron chi connectivity index (χ1n) is 9.04. The molecule has 0 aliphatic carbocycles. The van der Waals surface area contributed by atoms with Gasteiger partial charge in [-0.15, -0.1) is 0 Å². The third-order valence-corrected chi connectivity index (χ3v) is 5.17. The van der Waals surface area contributed by atoms with Crippen molar-refractivity contribution in [3.8, 4) is 0 Å². The number of piperidine rings is 1. The summed E-state index contributed by atoms with van der Waals surface area (Å²) < 4.78 is 0. The molecule has 1 aromatic carbocycles. The smallest absolute Gasteiger partial charge is 0.337 e. The Morgan fingerprint density at radius 3 is 2.79 bits per heavy atom. The molecule has 0 radical (unpaired) electrons. The van der Waals surface area contributed by atoms with Gasteiger partial charge in [0.1, 0.15) is 0 Å². The van der Waals surface area contributed by atoms with Gasteiger partial charge in [0.15, 0.2) is 0 Å². The average Bonchev–Trinajstić information content (AvgIpc) is 2.62. The minimum absolute atomic E-state index is 0.300. The third kappa shape index (κ3) is 3.59. The summed E-state index contributed by atoms with van der Waals surface area (Å²) in [6.45, 7) is 4.36. The number of benzene rings is 1. The fourth-order valence-corrected chi connectivity index (χ4v) is 3.84. The number of hydrogen-bond donors (Lipinski definition) is 2. The van der Waals surface area contributed by atoms with Crippen LogP contribution in [0.3, 0.4) is 0 Å². The van der Waals surface area contributed by atoms with E-state index in [0.29, 0.717) is 22.9 Å². The zero-order chi connectivity index (χ0) is 16.9. The summed E-state index contributed by atoms with van der Waals surface area (Å²) in [7, 11) is 0. The number of carboxylic acids is 1. The lowest BCUT2D eigenvalue weighted by Crippen LogP contribution is -2.31. The number of nitrogens with one attached hydrogen (secondary N) is 1. The Labute approximate surface area is 143 Å². The van der Waals surface area contributed by atoms with Gasteiger partial charge in [-0.3, -0.25) is 4.98 Å². The Kier molecular flexibility index (Phi) is 5.46. The van der Waals surface area contributed by atoms with Crippen molar-refractivity contribution < 1.29 is 9.90 Å². The normalized spacial score (nSPS) is 17.0. The zero-order valence-electron chi connectivity index (χ0n) is 14.3. The van der Waals surface area contributed by atoms with Crippen LogP contribution < -0.4 is 5.32 Å². The maximum Gasteiger partial charge on any atom is 0.337 e. The Morgan fingerprint density at radius 1 is 1.29 bits per heavy atom. The van der Waals surface area contributed by atoms with Crippen LogP contribution in [0.2, 0.25) is 0 Å². The van der Waals surface area contributed by atoms with Crippen molar-refractivity contribution in [2.24, 2.45) is 5.92 Å². The predicted octanol–water partition coefficient (Wildman–Crippen LogP) is 4.21. The molecule has 1 atom stereocenters. The van der Waals surface area contributed by atoms with Gasteiger partial charge in [-0.1, -0.05) is 38.0 Å². The van der Waals surface area contributed by atoms with E-state index in [9.17, 15) is 9.90 Å². The Balaban J connectivity index is 1.99. The number of carboxylic acid groups (broad SMARTS) is 1. The minimum atomic E-state index is -0.905. The van der Waals surface area contributed by atoms with Gasteiger partial charge in [0.05, 0.1) is 11.1 Å². The molecule has 4 heteroatoms. The second-order valence-electron chi connectivity index (χ2n) is 6.75. The number of carbonyl (C=O) groups is 1. The number of fused-ring (bicyclic) bond motifs is 1. The number of unbranched alkanes of at least 4 members (excludes halogenated alkanes) is 1. The number of hydrogen-bond acceptors (Lipinski definition) is 3. The van der Waals surface area contributed by atoms with Crippen LogP contribution in [0.1, 0.15) is 61.0 Å². The van der Waals surface area contributed by atoms with Crippen molar-refractivity contribution in [2.75, 3.05) is 13.1 Å². The number of aromatic nitrogens is 1. The number of para-hydroxylation sites is 1. The van der Waals surface area contributed by atoms with Crippen LogP contribution in [-0.2, 0) is 0 Å². The van der Waals surface area contributed by atoms with Crippen molar-refractivity contribution in [3.63, 3.8) is 0 Å². The minimum Gasteiger partial charge on any atom is -0.478 e. The standard InChI is InChI=1S/C20H26N2O2/c1-2-3-6-16(14-10-12-21-13-11-14)18-9-8-15-5-4-7-17(20(23)24)19(15)22-18/h4-5,7-9,14,16,21H,2-3,6,10-13H2,1H3,(H,23,24). The van der Waals surface area contributed by atoms with E-state index >= 15 is 0 Å². The maximum atomic E-state index is 11.5. The molecule has 0 bridgehead atoms. The van der Waals surface area contributed by atoms with Gasteiger partial charge in [-0.25, -0.2) is 4.79 Å². The summed E-state index contributed by atoms with van der Waals surface area (Å²) in [6, 6.07) is 9.51. The van der Waals surface area contributed by atoms with Crippen molar-refractivity contribution >= 4 is 16.9 Å². The van der Waals surface area contributed by atoms with Crippen molar-refractivity contribution in [3.05, 3.63) is 41.6 Å². The fraction of sp³-hybridized carbons (Fsp3) is 0.500. The molecule has 1 aliphatic rings. The SMILES string of the molecule is CCCCC(c1ccc2cccc(C(=O)O)c2n1)C1CCNCC1. The van der Waals surface area contributed by atoms with E-state index in [1.165, 1.54) is 25.7 Å². The number of aromatic carboxylic acids is 1. The second kappa shape index (κ2) is 7.75. The van der Waals surface area contributed by atoms with Crippen LogP contribution >= 0.6 is 0 Å². The summed E-state index contributed by atoms with van der Waals surface area (Å²) in [6.07, 6.45) is 5.85. The highest BCUT2D eigenvalue weighted by atomic mass is 16.4. The molecule has 24 heavy (non-hydrogen) atoms. The van der Waals surface area contributed by atoms with Crippen LogP contribution in [0.15, 0.2) is 30.3 Å². The van der Waals surface area contributed by atoms with Crippen LogP contribution in [0, 0.1) is 5.92 Å². The summed E-state index contributed by atoms with van der Waals surface area (Å²) in [5, 5.41) is 13.8. The van der Waals surface area contributed by atoms with Crippen LogP contribution in [0.25, 0.3) is 10.9 Å². The summed E-state index contributed by atoms with van der Waals surface area (Å²) in [5.41, 5.74) is 1.99. The van der Waals surface area contributed by atoms with Crippen molar-refractivity contribution in [1.29, 1.82) is 0 Å². The molecule has 4 nitrogen and oxygen atoms in total. The van der Waals surface area contributed by atoms with Crippen LogP contribution in [0.5, 0.6) is 0 Å². The largest absolute Gasteiger partial charge is 0.478 e. The second-order valence-corrected chi connectivity index (χ2v) is 6.75. The molecule has 0 amide bonds. The lowest BCUT2D eigenvalue weighted by Gasteiger charge is -2.30. The highest BCUT2D eigenvalue weighted by Gasteiger charge is 2.26. The van der Waals surface area contributed by atoms with Gasteiger partial charge < -0.3 is 10.4 Å². The van der Waals surface area contributed by atoms with Crippen LogP contribution in [0.4, 0.5) is 0 Å². The first kappa shape index (κ1) is 16.9. The molecule has 2 aromatic rings. The van der Waals surface area contributed by atoms with E-state index in [2.05, 4.69) is 18.3 Å². The third-order valence-electron chi connectivity index (χ3n) is 5.17. The molecule has 2 N–H and O–H groups in total. The topological polar surface area (TPSA) is 62.2 Å². The highest BCUT2D eigenvalue weighted by Crippen LogP contribution is 2.35. The highest BCUT2D eigenvalue weighted by molar-refractivity contribution is 6.01. The summed E-state index contributed by atoms with van der Waals surface area (Å²) >= 11 is 0. The molecular formula is C20H26N2O2. The first-order valence-corrected chi connectivity index (χ1v) is 9.04. The molecule has 1 saturated heterocycles. The molecule has 1 aromatic heterocycles. The van der Waals surface area contributed by atoms with Crippen LogP contribution in [-0.4, -0.2) is 29.1 Å². The molecule has 3 rings (SSSR count). The molecule has 128 valence electrons. The number of nitrogens with zero attached hydrogens (tertiary/aromatic N) is 1. The zero-order valence-corrected chi connectivity index (χ0v) is 14.3. The average molecular weight is 326 g/mol. The molecular weight excluding hydrogens is 300 g/mol. The summed E-state index contributed by atoms with van der Waals surface area (Å²) in [5.74, 6) is 0.162. The maximum absolute atomic E-state index is 11.5. The molecule has 1 unspecified atom stereocenters. The van der Waals surface area contributed by atoms with E-state index < -0.39 is 5.97 Å². The molecule has 0 spiro atoms. The van der Waals surface area contributed by atoms with Gasteiger partial charge in [0, 0.05) is 17.0 Å². The molecule has 2 heterocycles. The molecule has 1 fully saturated rings. The quantitative estimate of drug-likeness (QED) is 0.835. The predicted molar refractivity (Wildman–Crippen MR) is 96.6 cm³/mol. The summed E-state index contributed by atoms with van der Waals surface area (Å²) in [4.78, 5) is 16.3. The van der Waals surface area contributed by atoms with E-state index in [1.54, 1.807) is 12.1 Å². The van der Waals surface area contributed by atoms with E-state index in [-0.39, 0.29) is 0 Å². The van der Waals surface area contributed by atoms with Gasteiger partial charge in [0.25, 0.3) is 0 Å². The van der Waals surface area contributed by atoms with E-state index in [4.69, 9.17) is 4.98 Å². The van der Waals surface area contributed by atoms with Crippen molar-refractivity contribution in [1.82, 2.24) is 10.3 Å². The Morgan fingerprint density at radius 2 is 2.08 bits per heavy atom. The van der Waals surface area contributed by atoms with Gasteiger partial charge in [0.2, 0.25) is 0 Å².